The number of nitrogens with zero attached hydrogens (tertiary/aromatic N) is 1. The van der Waals surface area contributed by atoms with E-state index in [1.807, 2.05) is 24.4 Å². The molecule has 2 N–H and O–H groups in total. The summed E-state index contributed by atoms with van der Waals surface area (Å²) in [4.78, 5) is 28.3. The molecule has 0 aliphatic carbocycles. The SMILES string of the molecule is C[C@@H]1CN(C(=O)CCCc2c[nH]c3ccccc23)CC(C(=O)O)O1. The number of carboxylic acid groups (broad SMARTS) is 1. The number of morpholine rings is 1. The van der Waals surface area contributed by atoms with Crippen molar-refractivity contribution < 1.29 is 19.4 Å². The van der Waals surface area contributed by atoms with Gasteiger partial charge in [-0.2, -0.15) is 0 Å². The molecule has 3 rings (SSSR count). The van der Waals surface area contributed by atoms with Crippen LogP contribution in [0.1, 0.15) is 25.3 Å². The Kier molecular flexibility index (Phi) is 4.85. The number of benzene rings is 1. The van der Waals surface area contributed by atoms with Gasteiger partial charge in [-0.3, -0.25) is 4.79 Å². The first-order valence-corrected chi connectivity index (χ1v) is 8.25. The van der Waals surface area contributed by atoms with E-state index in [1.165, 1.54) is 10.9 Å². The average molecular weight is 330 g/mol. The molecule has 2 atom stereocenters. The third-order valence-electron chi connectivity index (χ3n) is 4.40. The number of rotatable bonds is 5. The monoisotopic (exact) mass is 330 g/mol. The number of H-pyrrole nitrogens is 1. The van der Waals surface area contributed by atoms with E-state index in [2.05, 4.69) is 11.1 Å². The Bertz CT molecular complexity index is 739. The summed E-state index contributed by atoms with van der Waals surface area (Å²) in [6.45, 7) is 2.38. The van der Waals surface area contributed by atoms with Crippen LogP contribution in [0.3, 0.4) is 0 Å². The highest BCUT2D eigenvalue weighted by Gasteiger charge is 2.32. The van der Waals surface area contributed by atoms with Crippen molar-refractivity contribution in [3.8, 4) is 0 Å². The standard InChI is InChI=1S/C18H22N2O4/c1-12-10-20(11-16(24-12)18(22)23)17(21)8-4-5-13-9-19-15-7-3-2-6-14(13)15/h2-3,6-7,9,12,16,19H,4-5,8,10-11H2,1H3,(H,22,23)/t12-,16?/m1/s1. The number of aryl methyl sites for hydroxylation is 1. The predicted octanol–water partition coefficient (Wildman–Crippen LogP) is 2.19. The molecule has 1 aliphatic rings. The molecule has 0 spiro atoms. The second-order valence-corrected chi connectivity index (χ2v) is 6.29. The summed E-state index contributed by atoms with van der Waals surface area (Å²) in [6, 6.07) is 8.10. The van der Waals surface area contributed by atoms with Crippen LogP contribution in [0.2, 0.25) is 0 Å². The maximum Gasteiger partial charge on any atom is 0.334 e. The second-order valence-electron chi connectivity index (χ2n) is 6.29. The minimum absolute atomic E-state index is 0.00348. The van der Waals surface area contributed by atoms with E-state index in [-0.39, 0.29) is 18.6 Å². The molecule has 1 aliphatic heterocycles. The molecule has 2 heterocycles. The van der Waals surface area contributed by atoms with Crippen molar-refractivity contribution >= 4 is 22.8 Å². The van der Waals surface area contributed by atoms with Gasteiger partial charge in [-0.05, 0) is 31.4 Å². The number of aliphatic carboxylic acids is 1. The first-order chi connectivity index (χ1) is 11.5. The summed E-state index contributed by atoms with van der Waals surface area (Å²) in [5.41, 5.74) is 2.31. The highest BCUT2D eigenvalue weighted by atomic mass is 16.5. The fraction of sp³-hybridized carbons (Fsp3) is 0.444. The van der Waals surface area contributed by atoms with Gasteiger partial charge in [0, 0.05) is 30.1 Å². The van der Waals surface area contributed by atoms with Crippen LogP contribution in [-0.2, 0) is 20.7 Å². The molecule has 0 saturated carbocycles. The highest BCUT2D eigenvalue weighted by Crippen LogP contribution is 2.20. The highest BCUT2D eigenvalue weighted by molar-refractivity contribution is 5.83. The lowest BCUT2D eigenvalue weighted by Crippen LogP contribution is -2.51. The number of aromatic amines is 1. The summed E-state index contributed by atoms with van der Waals surface area (Å²) >= 11 is 0. The third-order valence-corrected chi connectivity index (χ3v) is 4.40. The van der Waals surface area contributed by atoms with Crippen molar-refractivity contribution in [1.29, 1.82) is 0 Å². The Balaban J connectivity index is 1.54. The largest absolute Gasteiger partial charge is 0.479 e. The number of aromatic nitrogens is 1. The molecule has 6 heteroatoms. The van der Waals surface area contributed by atoms with Crippen LogP contribution in [-0.4, -0.2) is 52.2 Å². The van der Waals surface area contributed by atoms with Gasteiger partial charge in [0.2, 0.25) is 5.91 Å². The van der Waals surface area contributed by atoms with Crippen LogP contribution in [0.5, 0.6) is 0 Å². The number of hydrogen-bond donors (Lipinski definition) is 2. The number of carbonyl (C=O) groups excluding carboxylic acids is 1. The number of ether oxygens (including phenoxy) is 1. The van der Waals surface area contributed by atoms with Crippen LogP contribution in [0.15, 0.2) is 30.5 Å². The number of hydrogen-bond acceptors (Lipinski definition) is 3. The van der Waals surface area contributed by atoms with Crippen molar-refractivity contribution in [3.63, 3.8) is 0 Å². The van der Waals surface area contributed by atoms with Gasteiger partial charge >= 0.3 is 5.97 Å². The molecular weight excluding hydrogens is 308 g/mol. The van der Waals surface area contributed by atoms with Gasteiger partial charge in [0.25, 0.3) is 0 Å². The van der Waals surface area contributed by atoms with Crippen molar-refractivity contribution in [2.45, 2.75) is 38.4 Å². The van der Waals surface area contributed by atoms with E-state index in [0.717, 1.165) is 18.4 Å². The first-order valence-electron chi connectivity index (χ1n) is 8.25. The first kappa shape index (κ1) is 16.5. The molecule has 6 nitrogen and oxygen atoms in total. The number of fused-ring (bicyclic) bond motifs is 1. The molecular formula is C18H22N2O4. The molecule has 1 unspecified atom stereocenters. The minimum atomic E-state index is -1.02. The Morgan fingerprint density at radius 2 is 2.12 bits per heavy atom. The smallest absolute Gasteiger partial charge is 0.334 e. The number of nitrogens with one attached hydrogen (secondary N) is 1. The molecule has 1 aromatic heterocycles. The Morgan fingerprint density at radius 1 is 1.33 bits per heavy atom. The number of amides is 1. The van der Waals surface area contributed by atoms with Crippen molar-refractivity contribution in [3.05, 3.63) is 36.0 Å². The zero-order valence-corrected chi connectivity index (χ0v) is 13.7. The van der Waals surface area contributed by atoms with Crippen LogP contribution in [0.25, 0.3) is 10.9 Å². The summed E-state index contributed by atoms with van der Waals surface area (Å²) < 4.78 is 5.34. The van der Waals surface area contributed by atoms with E-state index in [1.54, 1.807) is 11.8 Å². The van der Waals surface area contributed by atoms with Gasteiger partial charge < -0.3 is 19.7 Å². The number of carbonyl (C=O) groups is 2. The topological polar surface area (TPSA) is 82.6 Å². The van der Waals surface area contributed by atoms with Crippen molar-refractivity contribution in [1.82, 2.24) is 9.88 Å². The van der Waals surface area contributed by atoms with Crippen LogP contribution in [0.4, 0.5) is 0 Å². The lowest BCUT2D eigenvalue weighted by Gasteiger charge is -2.35. The lowest BCUT2D eigenvalue weighted by atomic mass is 10.1. The molecule has 1 saturated heterocycles. The maximum absolute atomic E-state index is 12.4. The molecule has 128 valence electrons. The Hall–Kier alpha value is -2.34. The van der Waals surface area contributed by atoms with E-state index in [4.69, 9.17) is 9.84 Å². The lowest BCUT2D eigenvalue weighted by molar-refractivity contribution is -0.166. The van der Waals surface area contributed by atoms with Crippen LogP contribution < -0.4 is 0 Å². The van der Waals surface area contributed by atoms with Crippen LogP contribution >= 0.6 is 0 Å². The third kappa shape index (κ3) is 3.59. The summed E-state index contributed by atoms with van der Waals surface area (Å²) in [5.74, 6) is -1.02. The molecule has 24 heavy (non-hydrogen) atoms. The summed E-state index contributed by atoms with van der Waals surface area (Å²) in [6.07, 6.45) is 2.79. The van der Waals surface area contributed by atoms with E-state index < -0.39 is 12.1 Å². The molecule has 1 aromatic carbocycles. The van der Waals surface area contributed by atoms with E-state index >= 15 is 0 Å². The zero-order valence-electron chi connectivity index (χ0n) is 13.7. The van der Waals surface area contributed by atoms with Gasteiger partial charge in [0.1, 0.15) is 0 Å². The van der Waals surface area contributed by atoms with Crippen molar-refractivity contribution in [2.24, 2.45) is 0 Å². The maximum atomic E-state index is 12.4. The van der Waals surface area contributed by atoms with Crippen LogP contribution in [0, 0.1) is 0 Å². The fourth-order valence-corrected chi connectivity index (χ4v) is 3.22. The van der Waals surface area contributed by atoms with Gasteiger partial charge in [-0.1, -0.05) is 18.2 Å². The quantitative estimate of drug-likeness (QED) is 0.880. The zero-order chi connectivity index (χ0) is 17.1. The minimum Gasteiger partial charge on any atom is -0.479 e. The molecule has 1 fully saturated rings. The van der Waals surface area contributed by atoms with E-state index in [9.17, 15) is 9.59 Å². The normalized spacial score (nSPS) is 21.1. The van der Waals surface area contributed by atoms with Gasteiger partial charge in [0.15, 0.2) is 6.10 Å². The second kappa shape index (κ2) is 7.05. The van der Waals surface area contributed by atoms with E-state index in [0.29, 0.717) is 13.0 Å². The molecule has 0 bridgehead atoms. The van der Waals surface area contributed by atoms with Gasteiger partial charge in [-0.15, -0.1) is 0 Å². The van der Waals surface area contributed by atoms with Gasteiger partial charge in [0.05, 0.1) is 12.6 Å². The summed E-state index contributed by atoms with van der Waals surface area (Å²) in [7, 11) is 0. The molecule has 0 radical (unpaired) electrons. The number of para-hydroxylation sites is 1. The fourth-order valence-electron chi connectivity index (χ4n) is 3.22. The van der Waals surface area contributed by atoms with Gasteiger partial charge in [-0.25, -0.2) is 4.79 Å². The van der Waals surface area contributed by atoms with Crippen molar-refractivity contribution in [2.75, 3.05) is 13.1 Å². The molecule has 2 aromatic rings. The Labute approximate surface area is 140 Å². The Morgan fingerprint density at radius 3 is 2.92 bits per heavy atom. The predicted molar refractivity (Wildman–Crippen MR) is 89.8 cm³/mol. The summed E-state index contributed by atoms with van der Waals surface area (Å²) in [5, 5.41) is 10.3. The number of carboxylic acids is 1. The molecule has 1 amide bonds. The average Bonchev–Trinajstić information content (AvgIpc) is 2.97.